The predicted octanol–water partition coefficient (Wildman–Crippen LogP) is 4.68. The second-order valence-electron chi connectivity index (χ2n) is 5.97. The second kappa shape index (κ2) is 9.78. The normalized spacial score (nSPS) is 11.2. The molecule has 0 aliphatic rings. The van der Waals surface area contributed by atoms with Gasteiger partial charge in [0.1, 0.15) is 0 Å². The van der Waals surface area contributed by atoms with Crippen LogP contribution in [0.4, 0.5) is 0 Å². The van der Waals surface area contributed by atoms with Crippen molar-refractivity contribution in [3.63, 3.8) is 0 Å². The van der Waals surface area contributed by atoms with E-state index in [1.807, 2.05) is 42.5 Å². The second-order valence-corrected chi connectivity index (χ2v) is 7.12. The Bertz CT molecular complexity index is 968. The highest BCUT2D eigenvalue weighted by atomic mass is 32.2. The third kappa shape index (κ3) is 5.25. The maximum atomic E-state index is 12.8. The van der Waals surface area contributed by atoms with Gasteiger partial charge in [0.15, 0.2) is 0 Å². The van der Waals surface area contributed by atoms with E-state index in [9.17, 15) is 14.7 Å². The van der Waals surface area contributed by atoms with Crippen LogP contribution in [0.25, 0.3) is 0 Å². The van der Waals surface area contributed by atoms with Gasteiger partial charge in [-0.05, 0) is 48.5 Å². The van der Waals surface area contributed by atoms with Crippen molar-refractivity contribution in [3.8, 4) is 0 Å². The molecular weight excluding hydrogens is 370 g/mol. The number of carbonyl (C=O) groups is 2. The van der Waals surface area contributed by atoms with Crippen LogP contribution in [0.1, 0.15) is 27.1 Å². The van der Waals surface area contributed by atoms with Crippen molar-refractivity contribution in [1.29, 1.82) is 0 Å². The van der Waals surface area contributed by atoms with Gasteiger partial charge in [0, 0.05) is 33.9 Å². The van der Waals surface area contributed by atoms with Crippen molar-refractivity contribution in [1.82, 2.24) is 0 Å². The highest BCUT2D eigenvalue weighted by Crippen LogP contribution is 2.27. The molecule has 0 aliphatic heterocycles. The molecule has 0 radical (unpaired) electrons. The number of nitrogens with zero attached hydrogens (tertiary/aromatic N) is 1. The van der Waals surface area contributed by atoms with Crippen LogP contribution in [0.3, 0.4) is 0 Å². The molecule has 1 N–H and O–H groups in total. The third-order valence-electron chi connectivity index (χ3n) is 3.96. The molecule has 0 saturated carbocycles. The Kier molecular flexibility index (Phi) is 6.89. The summed E-state index contributed by atoms with van der Waals surface area (Å²) in [6.07, 6.45) is 0.0257. The number of benzene rings is 3. The van der Waals surface area contributed by atoms with E-state index in [0.717, 1.165) is 9.79 Å². The van der Waals surface area contributed by atoms with E-state index in [4.69, 9.17) is 0 Å². The largest absolute Gasteiger partial charge is 0.396 e. The first-order valence-electron chi connectivity index (χ1n) is 8.83. The number of Topliss-reactive ketones (excluding diaryl/α,β-unsaturated/α-hetero) is 1. The van der Waals surface area contributed by atoms with Gasteiger partial charge in [0.05, 0.1) is 5.71 Å². The average Bonchev–Trinajstić information content (AvgIpc) is 2.75. The standard InChI is InChI=1S/C23H19NO3S/c25-16-15-21(24-23(27)18-7-3-1-4-8-18)22(26)17-11-13-20(14-12-17)28-19-9-5-2-6-10-19/h1-14,25H,15-16H2. The maximum absolute atomic E-state index is 12.8. The summed E-state index contributed by atoms with van der Waals surface area (Å²) in [6, 6.07) is 25.7. The Morgan fingerprint density at radius 3 is 1.93 bits per heavy atom. The van der Waals surface area contributed by atoms with Crippen LogP contribution in [-0.2, 0) is 0 Å². The fourth-order valence-electron chi connectivity index (χ4n) is 2.56. The molecule has 3 rings (SSSR count). The predicted molar refractivity (Wildman–Crippen MR) is 111 cm³/mol. The number of aliphatic imine (C=N–C) groups is 1. The minimum Gasteiger partial charge on any atom is -0.396 e. The molecule has 5 heteroatoms. The molecule has 1 amide bonds. The van der Waals surface area contributed by atoms with Gasteiger partial charge in [-0.15, -0.1) is 0 Å². The average molecular weight is 389 g/mol. The molecule has 0 unspecified atom stereocenters. The molecule has 0 bridgehead atoms. The molecule has 0 fully saturated rings. The summed E-state index contributed by atoms with van der Waals surface area (Å²) in [5, 5.41) is 9.28. The van der Waals surface area contributed by atoms with Crippen molar-refractivity contribution in [3.05, 3.63) is 96.1 Å². The van der Waals surface area contributed by atoms with Gasteiger partial charge in [-0.3, -0.25) is 9.59 Å². The van der Waals surface area contributed by atoms with Gasteiger partial charge in [-0.2, -0.15) is 0 Å². The first kappa shape index (κ1) is 19.7. The zero-order valence-corrected chi connectivity index (χ0v) is 15.9. The summed E-state index contributed by atoms with van der Waals surface area (Å²) in [7, 11) is 0. The molecule has 140 valence electrons. The first-order chi connectivity index (χ1) is 13.7. The number of rotatable bonds is 7. The molecule has 28 heavy (non-hydrogen) atoms. The highest BCUT2D eigenvalue weighted by Gasteiger charge is 2.16. The Morgan fingerprint density at radius 1 is 0.750 bits per heavy atom. The first-order valence-corrected chi connectivity index (χ1v) is 9.64. The lowest BCUT2D eigenvalue weighted by atomic mass is 10.0. The van der Waals surface area contributed by atoms with Crippen molar-refractivity contribution in [2.24, 2.45) is 4.99 Å². The van der Waals surface area contributed by atoms with Crippen LogP contribution in [0.15, 0.2) is 99.7 Å². The van der Waals surface area contributed by atoms with Crippen LogP contribution < -0.4 is 0 Å². The van der Waals surface area contributed by atoms with Gasteiger partial charge < -0.3 is 5.11 Å². The van der Waals surface area contributed by atoms with E-state index >= 15 is 0 Å². The summed E-state index contributed by atoms with van der Waals surface area (Å²) in [5.41, 5.74) is 0.894. The molecule has 0 spiro atoms. The van der Waals surface area contributed by atoms with E-state index in [-0.39, 0.29) is 24.5 Å². The highest BCUT2D eigenvalue weighted by molar-refractivity contribution is 7.99. The smallest absolute Gasteiger partial charge is 0.277 e. The van der Waals surface area contributed by atoms with Crippen molar-refractivity contribution in [2.75, 3.05) is 6.61 Å². The molecule has 3 aromatic rings. The molecule has 0 aliphatic carbocycles. The summed E-state index contributed by atoms with van der Waals surface area (Å²) in [4.78, 5) is 31.1. The number of amides is 1. The SMILES string of the molecule is O=C(N=C(CCO)C(=O)c1ccc(Sc2ccccc2)cc1)c1ccccc1. The fourth-order valence-corrected chi connectivity index (χ4v) is 3.40. The van der Waals surface area contributed by atoms with Crippen molar-refractivity contribution >= 4 is 29.2 Å². The third-order valence-corrected chi connectivity index (χ3v) is 4.98. The monoisotopic (exact) mass is 389 g/mol. The molecule has 0 aromatic heterocycles. The summed E-state index contributed by atoms with van der Waals surface area (Å²) in [6.45, 7) is -0.255. The summed E-state index contributed by atoms with van der Waals surface area (Å²) < 4.78 is 0. The van der Waals surface area contributed by atoms with Gasteiger partial charge in [0.2, 0.25) is 5.78 Å². The Hall–Kier alpha value is -3.02. The Morgan fingerprint density at radius 2 is 1.32 bits per heavy atom. The maximum Gasteiger partial charge on any atom is 0.277 e. The molecule has 4 nitrogen and oxygen atoms in total. The van der Waals surface area contributed by atoms with Crippen LogP contribution >= 0.6 is 11.8 Å². The lowest BCUT2D eigenvalue weighted by molar-refractivity contribution is 0.0991. The number of aliphatic hydroxyl groups excluding tert-OH is 1. The number of hydrogen-bond acceptors (Lipinski definition) is 4. The van der Waals surface area contributed by atoms with E-state index in [0.29, 0.717) is 11.1 Å². The zero-order chi connectivity index (χ0) is 19.8. The lowest BCUT2D eigenvalue weighted by Gasteiger charge is -2.06. The number of hydrogen-bond donors (Lipinski definition) is 1. The molecule has 0 heterocycles. The van der Waals surface area contributed by atoms with Gasteiger partial charge in [0.25, 0.3) is 5.91 Å². The number of aliphatic hydroxyl groups is 1. The lowest BCUT2D eigenvalue weighted by Crippen LogP contribution is -2.18. The number of ketones is 1. The van der Waals surface area contributed by atoms with Crippen LogP contribution in [0, 0.1) is 0 Å². The van der Waals surface area contributed by atoms with E-state index in [1.54, 1.807) is 54.2 Å². The number of carbonyl (C=O) groups excluding carboxylic acids is 2. The van der Waals surface area contributed by atoms with E-state index < -0.39 is 5.91 Å². The minimum atomic E-state index is -0.492. The van der Waals surface area contributed by atoms with Gasteiger partial charge in [-0.1, -0.05) is 48.2 Å². The minimum absolute atomic E-state index is 0.0257. The Labute approximate surface area is 168 Å². The fraction of sp³-hybridized carbons (Fsp3) is 0.0870. The molecular formula is C23H19NO3S. The molecule has 0 saturated heterocycles. The topological polar surface area (TPSA) is 66.7 Å². The quantitative estimate of drug-likeness (QED) is 0.470. The zero-order valence-electron chi connectivity index (χ0n) is 15.1. The molecule has 0 atom stereocenters. The van der Waals surface area contributed by atoms with Crippen molar-refractivity contribution < 1.29 is 14.7 Å². The van der Waals surface area contributed by atoms with E-state index in [2.05, 4.69) is 4.99 Å². The van der Waals surface area contributed by atoms with E-state index in [1.165, 1.54) is 0 Å². The Balaban J connectivity index is 1.77. The van der Waals surface area contributed by atoms with Crippen LogP contribution in [-0.4, -0.2) is 29.1 Å². The van der Waals surface area contributed by atoms with Crippen molar-refractivity contribution in [2.45, 2.75) is 16.2 Å². The van der Waals surface area contributed by atoms with Crippen LogP contribution in [0.5, 0.6) is 0 Å². The summed E-state index contributed by atoms with van der Waals surface area (Å²) >= 11 is 1.60. The van der Waals surface area contributed by atoms with Gasteiger partial charge >= 0.3 is 0 Å². The van der Waals surface area contributed by atoms with Gasteiger partial charge in [-0.25, -0.2) is 4.99 Å². The van der Waals surface area contributed by atoms with Crippen LogP contribution in [0.2, 0.25) is 0 Å². The molecule has 3 aromatic carbocycles. The summed E-state index contributed by atoms with van der Waals surface area (Å²) in [5.74, 6) is -0.844.